The van der Waals surface area contributed by atoms with Gasteiger partial charge in [0.2, 0.25) is 0 Å². The number of aromatic nitrogens is 1. The van der Waals surface area contributed by atoms with Crippen LogP contribution in [0.2, 0.25) is 0 Å². The molecule has 0 atom stereocenters. The molecule has 318 valence electrons. The summed E-state index contributed by atoms with van der Waals surface area (Å²) < 4.78 is 86.8. The van der Waals surface area contributed by atoms with Gasteiger partial charge in [0.25, 0.3) is 6.71 Å². The van der Waals surface area contributed by atoms with Crippen LogP contribution < -0.4 is 26.2 Å². The van der Waals surface area contributed by atoms with Gasteiger partial charge in [0.15, 0.2) is 0 Å². The highest BCUT2D eigenvalue weighted by Crippen LogP contribution is 2.47. The molecule has 0 bridgehead atoms. The quantitative estimate of drug-likeness (QED) is 0.126. The Bertz CT molecular complexity index is 3400. The van der Waals surface area contributed by atoms with E-state index in [-0.39, 0.29) is 23.9 Å². The Balaban J connectivity index is 1.10. The number of nitrogens with zero attached hydrogens (tertiary/aromatic N) is 3. The summed E-state index contributed by atoms with van der Waals surface area (Å²) in [6, 6.07) is 64.9. The van der Waals surface area contributed by atoms with Crippen LogP contribution in [-0.2, 0) is 12.4 Å². The molecule has 3 heterocycles. The minimum absolute atomic E-state index is 0.0547. The van der Waals surface area contributed by atoms with Crippen LogP contribution in [0.4, 0.5) is 60.5 Å². The largest absolute Gasteiger partial charge is 0.416 e. The van der Waals surface area contributed by atoms with Gasteiger partial charge in [0.1, 0.15) is 0 Å². The molecule has 0 saturated carbocycles. The van der Waals surface area contributed by atoms with Crippen LogP contribution in [0.25, 0.3) is 49.7 Å². The van der Waals surface area contributed by atoms with E-state index in [0.29, 0.717) is 5.69 Å². The van der Waals surface area contributed by atoms with Gasteiger partial charge in [-0.15, -0.1) is 0 Å². The average molecular weight is 874 g/mol. The van der Waals surface area contributed by atoms with E-state index in [1.807, 2.05) is 53.1 Å². The fourth-order valence-electron chi connectivity index (χ4n) is 10.2. The van der Waals surface area contributed by atoms with Gasteiger partial charge in [-0.2, -0.15) is 26.3 Å². The van der Waals surface area contributed by atoms with Gasteiger partial charge in [-0.25, -0.2) is 0 Å². The molecule has 10 aromatic rings. The Morgan fingerprint density at radius 1 is 0.348 bits per heavy atom. The summed E-state index contributed by atoms with van der Waals surface area (Å²) >= 11 is 0. The highest BCUT2D eigenvalue weighted by Gasteiger charge is 2.43. The molecule has 0 amide bonds. The van der Waals surface area contributed by atoms with E-state index in [1.54, 1.807) is 24.3 Å². The highest BCUT2D eigenvalue weighted by atomic mass is 19.4. The van der Waals surface area contributed by atoms with Crippen LogP contribution in [0.3, 0.4) is 0 Å². The summed E-state index contributed by atoms with van der Waals surface area (Å²) in [7, 11) is 0. The van der Waals surface area contributed by atoms with Crippen LogP contribution >= 0.6 is 0 Å². The maximum absolute atomic E-state index is 14.2. The van der Waals surface area contributed by atoms with E-state index in [0.717, 1.165) is 79.2 Å². The molecule has 0 unspecified atom stereocenters. The van der Waals surface area contributed by atoms with Gasteiger partial charge in [0.05, 0.1) is 27.8 Å². The summed E-state index contributed by atoms with van der Waals surface area (Å²) in [5.74, 6) is 0. The first-order chi connectivity index (χ1) is 32.0. The molecular formula is C56H34BF6N3. The number of rotatable bonds is 5. The maximum atomic E-state index is 14.2. The predicted octanol–water partition coefficient (Wildman–Crippen LogP) is 14.2. The highest BCUT2D eigenvalue weighted by molar-refractivity contribution is 7.00. The van der Waals surface area contributed by atoms with Crippen LogP contribution in [-0.4, -0.2) is 11.3 Å². The number of alkyl halides is 6. The smallest absolute Gasteiger partial charge is 0.311 e. The Labute approximate surface area is 376 Å². The van der Waals surface area contributed by atoms with Gasteiger partial charge < -0.3 is 14.4 Å². The lowest BCUT2D eigenvalue weighted by molar-refractivity contribution is -0.143. The first kappa shape index (κ1) is 39.6. The van der Waals surface area contributed by atoms with Crippen LogP contribution in [0.15, 0.2) is 206 Å². The third kappa shape index (κ3) is 6.23. The van der Waals surface area contributed by atoms with Crippen molar-refractivity contribution < 1.29 is 26.3 Å². The molecule has 0 aliphatic carbocycles. The van der Waals surface area contributed by atoms with Crippen LogP contribution in [0.5, 0.6) is 0 Å². The molecule has 0 spiro atoms. The minimum Gasteiger partial charge on any atom is -0.311 e. The number of benzene rings is 9. The van der Waals surface area contributed by atoms with Crippen molar-refractivity contribution in [2.45, 2.75) is 12.4 Å². The van der Waals surface area contributed by atoms with Crippen molar-refractivity contribution in [2.24, 2.45) is 0 Å². The van der Waals surface area contributed by atoms with Crippen molar-refractivity contribution in [1.82, 2.24) is 4.57 Å². The fourth-order valence-corrected chi connectivity index (χ4v) is 10.2. The van der Waals surface area contributed by atoms with Crippen molar-refractivity contribution in [3.8, 4) is 27.9 Å². The summed E-state index contributed by atoms with van der Waals surface area (Å²) in [4.78, 5) is 4.70. The summed E-state index contributed by atoms with van der Waals surface area (Å²) in [5, 5.41) is 1.75. The Kier molecular flexibility index (Phi) is 8.87. The third-order valence-electron chi connectivity index (χ3n) is 13.0. The lowest BCUT2D eigenvalue weighted by Gasteiger charge is -2.44. The number of hydrogen-bond donors (Lipinski definition) is 0. The normalized spacial score (nSPS) is 13.2. The van der Waals surface area contributed by atoms with Crippen LogP contribution in [0, 0.1) is 0 Å². The van der Waals surface area contributed by atoms with Crippen LogP contribution in [0.1, 0.15) is 11.1 Å². The first-order valence-corrected chi connectivity index (χ1v) is 21.5. The van der Waals surface area contributed by atoms with E-state index in [2.05, 4.69) is 125 Å². The number of anilines is 6. The number of para-hydroxylation sites is 6. The molecule has 12 rings (SSSR count). The van der Waals surface area contributed by atoms with Crippen molar-refractivity contribution >= 4 is 79.0 Å². The summed E-state index contributed by atoms with van der Waals surface area (Å²) in [6.45, 7) is -0.0547. The number of hydrogen-bond acceptors (Lipinski definition) is 2. The average Bonchev–Trinajstić information content (AvgIpc) is 3.67. The standard InChI is InChI=1S/C56H34BF6N3/c58-55(59,60)38-29-37(30-39(34-38)56(61,62)63)42-19-7-11-23-47(42)66-48-24-12-8-20-43(48)44-31-35(27-28-49(44)66)36-32-52-54-53(33-36)65(41-17-5-2-6-18-41)51-26-14-10-22-46(51)57(54)45-21-9-13-25-50(45)64(52)40-15-3-1-4-16-40/h1-34H. The molecule has 1 aromatic heterocycles. The molecule has 0 saturated heterocycles. The number of halogens is 6. The van der Waals surface area contributed by atoms with E-state index in [1.165, 1.54) is 16.4 Å². The zero-order valence-corrected chi connectivity index (χ0v) is 34.8. The zero-order valence-electron chi connectivity index (χ0n) is 34.8. The molecule has 2 aliphatic heterocycles. The molecular weight excluding hydrogens is 839 g/mol. The molecule has 0 N–H and O–H groups in total. The fraction of sp³-hybridized carbons (Fsp3) is 0.0357. The third-order valence-corrected chi connectivity index (χ3v) is 13.0. The lowest BCUT2D eigenvalue weighted by atomic mass is 9.33. The molecule has 3 nitrogen and oxygen atoms in total. The molecule has 0 radical (unpaired) electrons. The molecule has 0 fully saturated rings. The molecule has 10 heteroatoms. The Hall–Kier alpha value is -7.98. The molecule has 2 aliphatic rings. The van der Waals surface area contributed by atoms with Crippen molar-refractivity contribution in [2.75, 3.05) is 9.80 Å². The van der Waals surface area contributed by atoms with E-state index in [9.17, 15) is 26.3 Å². The summed E-state index contributed by atoms with van der Waals surface area (Å²) in [6.07, 6.45) is -9.99. The van der Waals surface area contributed by atoms with E-state index in [4.69, 9.17) is 0 Å². The first-order valence-electron chi connectivity index (χ1n) is 21.5. The van der Waals surface area contributed by atoms with E-state index < -0.39 is 23.5 Å². The second-order valence-corrected chi connectivity index (χ2v) is 16.7. The van der Waals surface area contributed by atoms with Gasteiger partial charge >= 0.3 is 12.4 Å². The molecule has 9 aromatic carbocycles. The second kappa shape index (κ2) is 14.8. The second-order valence-electron chi connectivity index (χ2n) is 16.7. The van der Waals surface area contributed by atoms with Gasteiger partial charge in [0, 0.05) is 50.5 Å². The number of fused-ring (bicyclic) bond motifs is 7. The zero-order chi connectivity index (χ0) is 44.9. The van der Waals surface area contributed by atoms with E-state index >= 15 is 0 Å². The van der Waals surface area contributed by atoms with Gasteiger partial charge in [-0.05, 0) is 124 Å². The maximum Gasteiger partial charge on any atom is 0.416 e. The SMILES string of the molecule is FC(F)(F)c1cc(-c2ccccc2-n2c3ccccc3c3cc(-c4cc5c6c(c4)N(c4ccccc4)c4ccccc4B6c4ccccc4N5c4ccccc4)ccc32)cc(C(F)(F)F)c1. The minimum atomic E-state index is -4.99. The Morgan fingerprint density at radius 3 is 1.41 bits per heavy atom. The monoisotopic (exact) mass is 873 g/mol. The van der Waals surface area contributed by atoms with Crippen molar-refractivity contribution in [1.29, 1.82) is 0 Å². The lowest BCUT2D eigenvalue weighted by Crippen LogP contribution is -2.61. The van der Waals surface area contributed by atoms with Gasteiger partial charge in [-0.3, -0.25) is 0 Å². The predicted molar refractivity (Wildman–Crippen MR) is 256 cm³/mol. The summed E-state index contributed by atoms with van der Waals surface area (Å²) in [5.41, 5.74) is 11.1. The topological polar surface area (TPSA) is 11.4 Å². The molecule has 66 heavy (non-hydrogen) atoms. The Morgan fingerprint density at radius 2 is 0.833 bits per heavy atom. The van der Waals surface area contributed by atoms with Crippen molar-refractivity contribution in [3.63, 3.8) is 0 Å². The van der Waals surface area contributed by atoms with Crippen molar-refractivity contribution in [3.05, 3.63) is 217 Å². The van der Waals surface area contributed by atoms with Gasteiger partial charge in [-0.1, -0.05) is 115 Å².